The Bertz CT molecular complexity index is 1020. The molecule has 2 aromatic carbocycles. The van der Waals surface area contributed by atoms with Gasteiger partial charge < -0.3 is 9.47 Å². The SMILES string of the molecule is O=S(=O)(NN1CCOCC1)c1ccc(-c2ccc(S(=O)(=O)NN3CCOCC3)cc2)cc1. The average molecular weight is 483 g/mol. The van der Waals surface area contributed by atoms with E-state index in [1.54, 1.807) is 34.3 Å². The second kappa shape index (κ2) is 9.93. The fourth-order valence-corrected chi connectivity index (χ4v) is 5.65. The summed E-state index contributed by atoms with van der Waals surface area (Å²) < 4.78 is 60.8. The normalized spacial score (nSPS) is 19.1. The first-order valence-electron chi connectivity index (χ1n) is 10.2. The summed E-state index contributed by atoms with van der Waals surface area (Å²) in [7, 11) is -7.36. The number of rotatable bonds is 7. The maximum atomic E-state index is 12.6. The van der Waals surface area contributed by atoms with Crippen LogP contribution in [0.5, 0.6) is 0 Å². The standard InChI is InChI=1S/C20H26N4O6S2/c25-31(26,21-23-9-13-29-14-10-23)19-5-1-17(2-6-19)18-3-7-20(8-4-18)32(27,28)22-24-11-15-30-16-12-24/h1-8,21-22H,9-16H2. The largest absolute Gasteiger partial charge is 0.379 e. The lowest BCUT2D eigenvalue weighted by molar-refractivity contribution is 0.0271. The number of hydrazine groups is 2. The van der Waals surface area contributed by atoms with E-state index in [4.69, 9.17) is 9.47 Å². The van der Waals surface area contributed by atoms with Crippen molar-refractivity contribution < 1.29 is 26.3 Å². The molecular formula is C20H26N4O6S2. The first-order chi connectivity index (χ1) is 15.3. The number of morpholine rings is 2. The summed E-state index contributed by atoms with van der Waals surface area (Å²) in [6.07, 6.45) is 0. The van der Waals surface area contributed by atoms with E-state index in [9.17, 15) is 16.8 Å². The van der Waals surface area contributed by atoms with Crippen molar-refractivity contribution in [3.63, 3.8) is 0 Å². The molecule has 0 radical (unpaired) electrons. The molecule has 174 valence electrons. The first-order valence-corrected chi connectivity index (χ1v) is 13.2. The van der Waals surface area contributed by atoms with Crippen LogP contribution in [-0.4, -0.2) is 79.5 Å². The highest BCUT2D eigenvalue weighted by Gasteiger charge is 2.21. The minimum Gasteiger partial charge on any atom is -0.379 e. The Balaban J connectivity index is 1.43. The molecule has 0 spiro atoms. The summed E-state index contributed by atoms with van der Waals surface area (Å²) in [6.45, 7) is 3.90. The van der Waals surface area contributed by atoms with Gasteiger partial charge >= 0.3 is 0 Å². The zero-order chi connectivity index (χ0) is 22.6. The molecule has 2 aromatic rings. The Hall–Kier alpha value is -1.90. The van der Waals surface area contributed by atoms with Crippen LogP contribution in [0.15, 0.2) is 58.3 Å². The van der Waals surface area contributed by atoms with Crippen molar-refractivity contribution in [1.82, 2.24) is 19.7 Å². The molecular weight excluding hydrogens is 456 g/mol. The fourth-order valence-electron chi connectivity index (χ4n) is 3.41. The quantitative estimate of drug-likeness (QED) is 0.583. The molecule has 2 aliphatic heterocycles. The van der Waals surface area contributed by atoms with Crippen LogP contribution in [0.25, 0.3) is 11.1 Å². The van der Waals surface area contributed by atoms with E-state index in [0.717, 1.165) is 11.1 Å². The number of ether oxygens (including phenoxy) is 2. The van der Waals surface area contributed by atoms with Crippen LogP contribution in [-0.2, 0) is 29.5 Å². The van der Waals surface area contributed by atoms with Crippen LogP contribution in [0.2, 0.25) is 0 Å². The first kappa shape index (κ1) is 23.3. The van der Waals surface area contributed by atoms with Gasteiger partial charge in [0.2, 0.25) is 0 Å². The highest BCUT2D eigenvalue weighted by atomic mass is 32.2. The molecule has 2 N–H and O–H groups in total. The zero-order valence-electron chi connectivity index (χ0n) is 17.4. The molecule has 0 aliphatic carbocycles. The molecule has 2 fully saturated rings. The van der Waals surface area contributed by atoms with Crippen molar-refractivity contribution in [2.24, 2.45) is 0 Å². The van der Waals surface area contributed by atoms with Gasteiger partial charge in [0.25, 0.3) is 20.0 Å². The number of benzene rings is 2. The minimum atomic E-state index is -3.68. The molecule has 0 aromatic heterocycles. The van der Waals surface area contributed by atoms with Gasteiger partial charge in [0, 0.05) is 26.2 Å². The van der Waals surface area contributed by atoms with Gasteiger partial charge in [0.1, 0.15) is 0 Å². The van der Waals surface area contributed by atoms with E-state index < -0.39 is 20.0 Å². The smallest absolute Gasteiger partial charge is 0.253 e. The topological polar surface area (TPSA) is 117 Å². The fraction of sp³-hybridized carbons (Fsp3) is 0.400. The van der Waals surface area contributed by atoms with Crippen LogP contribution in [0.3, 0.4) is 0 Å². The highest BCUT2D eigenvalue weighted by molar-refractivity contribution is 7.89. The summed E-state index contributed by atoms with van der Waals surface area (Å²) >= 11 is 0. The maximum Gasteiger partial charge on any atom is 0.253 e. The summed E-state index contributed by atoms with van der Waals surface area (Å²) in [4.78, 5) is 5.45. The van der Waals surface area contributed by atoms with Gasteiger partial charge in [-0.05, 0) is 35.4 Å². The number of sulfonamides is 2. The van der Waals surface area contributed by atoms with Crippen molar-refractivity contribution in [3.8, 4) is 11.1 Å². The van der Waals surface area contributed by atoms with Gasteiger partial charge in [0.05, 0.1) is 36.2 Å². The van der Waals surface area contributed by atoms with Crippen molar-refractivity contribution in [1.29, 1.82) is 0 Å². The van der Waals surface area contributed by atoms with Crippen LogP contribution in [0.1, 0.15) is 0 Å². The van der Waals surface area contributed by atoms with Gasteiger partial charge in [-0.1, -0.05) is 24.3 Å². The van der Waals surface area contributed by atoms with E-state index in [1.807, 2.05) is 0 Å². The van der Waals surface area contributed by atoms with E-state index >= 15 is 0 Å². The van der Waals surface area contributed by atoms with Crippen molar-refractivity contribution >= 4 is 20.0 Å². The van der Waals surface area contributed by atoms with E-state index in [1.165, 1.54) is 24.3 Å². The maximum absolute atomic E-state index is 12.6. The Morgan fingerprint density at radius 3 is 1.19 bits per heavy atom. The molecule has 32 heavy (non-hydrogen) atoms. The van der Waals surface area contributed by atoms with Crippen molar-refractivity contribution in [2.75, 3.05) is 52.6 Å². The second-order valence-corrected chi connectivity index (χ2v) is 10.8. The summed E-state index contributed by atoms with van der Waals surface area (Å²) in [5, 5.41) is 3.24. The lowest BCUT2D eigenvalue weighted by Crippen LogP contribution is -2.48. The Morgan fingerprint density at radius 2 is 0.875 bits per heavy atom. The predicted octanol–water partition coefficient (Wildman–Crippen LogP) is 0.405. The second-order valence-electron chi connectivity index (χ2n) is 7.44. The highest BCUT2D eigenvalue weighted by Crippen LogP contribution is 2.23. The molecule has 0 bridgehead atoms. The average Bonchev–Trinajstić information content (AvgIpc) is 2.80. The minimum absolute atomic E-state index is 0.154. The molecule has 2 aliphatic rings. The predicted molar refractivity (Wildman–Crippen MR) is 117 cm³/mol. The lowest BCUT2D eigenvalue weighted by atomic mass is 10.1. The number of hydrogen-bond acceptors (Lipinski definition) is 8. The summed E-state index contributed by atoms with van der Waals surface area (Å²) in [5.74, 6) is 0. The number of nitrogens with zero attached hydrogens (tertiary/aromatic N) is 2. The van der Waals surface area contributed by atoms with Gasteiger partial charge in [-0.2, -0.15) is 0 Å². The number of hydrogen-bond donors (Lipinski definition) is 2. The molecule has 12 heteroatoms. The van der Waals surface area contributed by atoms with Crippen LogP contribution < -0.4 is 9.66 Å². The van der Waals surface area contributed by atoms with Crippen molar-refractivity contribution in [2.45, 2.75) is 9.79 Å². The molecule has 10 nitrogen and oxygen atoms in total. The number of nitrogens with one attached hydrogen (secondary N) is 2. The molecule has 4 rings (SSSR count). The van der Waals surface area contributed by atoms with E-state index in [2.05, 4.69) is 9.66 Å². The molecule has 2 saturated heterocycles. The lowest BCUT2D eigenvalue weighted by Gasteiger charge is -2.26. The van der Waals surface area contributed by atoms with Crippen molar-refractivity contribution in [3.05, 3.63) is 48.5 Å². The molecule has 0 atom stereocenters. The van der Waals surface area contributed by atoms with Crippen LogP contribution >= 0.6 is 0 Å². The summed E-state index contributed by atoms with van der Waals surface area (Å²) in [6, 6.07) is 12.9. The van der Waals surface area contributed by atoms with Gasteiger partial charge in [-0.25, -0.2) is 26.9 Å². The third-order valence-corrected chi connectivity index (χ3v) is 7.97. The van der Waals surface area contributed by atoms with E-state index in [-0.39, 0.29) is 9.79 Å². The monoisotopic (exact) mass is 482 g/mol. The third-order valence-electron chi connectivity index (χ3n) is 5.18. The van der Waals surface area contributed by atoms with Gasteiger partial charge in [-0.3, -0.25) is 0 Å². The molecule has 0 saturated carbocycles. The Kier molecular flexibility index (Phi) is 7.22. The van der Waals surface area contributed by atoms with E-state index in [0.29, 0.717) is 52.6 Å². The van der Waals surface area contributed by atoms with Crippen LogP contribution in [0, 0.1) is 0 Å². The van der Waals surface area contributed by atoms with Gasteiger partial charge in [0.15, 0.2) is 0 Å². The van der Waals surface area contributed by atoms with Gasteiger partial charge in [-0.15, -0.1) is 9.66 Å². The molecule has 2 heterocycles. The summed E-state index contributed by atoms with van der Waals surface area (Å²) in [5.41, 5.74) is 1.56. The van der Waals surface area contributed by atoms with Crippen LogP contribution in [0.4, 0.5) is 0 Å². The zero-order valence-corrected chi connectivity index (χ0v) is 19.1. The molecule has 0 unspecified atom stereocenters. The third kappa shape index (κ3) is 5.71. The Morgan fingerprint density at radius 1 is 0.562 bits per heavy atom. The Labute approximate surface area is 188 Å². The molecule has 0 amide bonds.